The van der Waals surface area contributed by atoms with Crippen LogP contribution in [-0.4, -0.2) is 34.0 Å². The topological polar surface area (TPSA) is 23.6 Å². The zero-order valence-electron chi connectivity index (χ0n) is 15.9. The highest BCUT2D eigenvalue weighted by Gasteiger charge is 2.18. The maximum absolute atomic E-state index is 12.7. The second-order valence-corrected chi connectivity index (χ2v) is 6.31. The van der Waals surface area contributed by atoms with Crippen molar-refractivity contribution >= 4 is 17.2 Å². The summed E-state index contributed by atoms with van der Waals surface area (Å²) < 4.78 is 0. The Morgan fingerprint density at radius 3 is 1.58 bits per heavy atom. The normalized spacial score (nSPS) is 9.69. The second-order valence-electron chi connectivity index (χ2n) is 6.31. The Kier molecular flexibility index (Phi) is 6.98. The van der Waals surface area contributed by atoms with E-state index < -0.39 is 0 Å². The predicted octanol–water partition coefficient (Wildman–Crippen LogP) is 4.74. The van der Waals surface area contributed by atoms with Crippen molar-refractivity contribution in [2.45, 2.75) is 0 Å². The Balaban J connectivity index is 0.000000342. The molecule has 26 heavy (non-hydrogen) atoms. The number of para-hydroxylation sites is 1. The monoisotopic (exact) mass is 346 g/mol. The maximum atomic E-state index is 12.7. The molecule has 0 N–H and O–H groups in total. The van der Waals surface area contributed by atoms with Gasteiger partial charge in [-0.3, -0.25) is 4.79 Å². The Morgan fingerprint density at radius 1 is 0.615 bits per heavy atom. The molecule has 0 unspecified atom stereocenters. The molecule has 0 amide bonds. The van der Waals surface area contributed by atoms with Gasteiger partial charge < -0.3 is 9.80 Å². The molecule has 3 aromatic rings. The summed E-state index contributed by atoms with van der Waals surface area (Å²) in [6, 6.07) is 27.2. The van der Waals surface area contributed by atoms with Gasteiger partial charge in [-0.15, -0.1) is 0 Å². The highest BCUT2D eigenvalue weighted by atomic mass is 16.1. The number of hydrogen-bond donors (Lipinski definition) is 0. The van der Waals surface area contributed by atoms with Crippen molar-refractivity contribution in [3.8, 4) is 0 Å². The number of anilines is 2. The number of rotatable bonds is 4. The lowest BCUT2D eigenvalue weighted by atomic mass is 10.00. The smallest absolute Gasteiger partial charge is 0.195 e. The first-order valence-corrected chi connectivity index (χ1v) is 8.59. The summed E-state index contributed by atoms with van der Waals surface area (Å²) >= 11 is 0. The van der Waals surface area contributed by atoms with Gasteiger partial charge in [-0.2, -0.15) is 0 Å². The average Bonchev–Trinajstić information content (AvgIpc) is 2.69. The van der Waals surface area contributed by atoms with Crippen LogP contribution in [0.4, 0.5) is 11.4 Å². The number of benzene rings is 3. The van der Waals surface area contributed by atoms with Crippen molar-refractivity contribution < 1.29 is 4.79 Å². The summed E-state index contributed by atoms with van der Waals surface area (Å²) in [5.74, 6) is 0.0537. The first kappa shape index (κ1) is 19.3. The van der Waals surface area contributed by atoms with Crippen LogP contribution in [0.1, 0.15) is 15.9 Å². The van der Waals surface area contributed by atoms with E-state index in [2.05, 4.69) is 0 Å². The van der Waals surface area contributed by atoms with Crippen molar-refractivity contribution in [3.05, 3.63) is 96.1 Å². The van der Waals surface area contributed by atoms with Crippen molar-refractivity contribution in [1.29, 1.82) is 0 Å². The molecular formula is C23H26N2O. The molecular weight excluding hydrogens is 320 g/mol. The maximum Gasteiger partial charge on any atom is 0.195 e. The van der Waals surface area contributed by atoms with Crippen molar-refractivity contribution in [1.82, 2.24) is 0 Å². The molecule has 0 saturated carbocycles. The Hall–Kier alpha value is -3.07. The fourth-order valence-corrected chi connectivity index (χ4v) is 2.68. The fraction of sp³-hybridized carbons (Fsp3) is 0.174. The molecule has 0 aliphatic rings. The molecule has 3 aromatic carbocycles. The Morgan fingerprint density at radius 2 is 1.12 bits per heavy atom. The van der Waals surface area contributed by atoms with E-state index in [1.165, 1.54) is 0 Å². The zero-order valence-corrected chi connectivity index (χ0v) is 15.9. The third kappa shape index (κ3) is 4.96. The molecule has 134 valence electrons. The first-order valence-electron chi connectivity index (χ1n) is 8.59. The van der Waals surface area contributed by atoms with Gasteiger partial charge in [-0.1, -0.05) is 72.8 Å². The van der Waals surface area contributed by atoms with Gasteiger partial charge in [0.15, 0.2) is 5.78 Å². The molecule has 0 saturated heterocycles. The Bertz CT molecular complexity index is 785. The molecule has 0 atom stereocenters. The number of carbonyl (C=O) groups is 1. The third-order valence-corrected chi connectivity index (χ3v) is 3.89. The second kappa shape index (κ2) is 9.42. The van der Waals surface area contributed by atoms with Crippen molar-refractivity contribution in [2.24, 2.45) is 0 Å². The summed E-state index contributed by atoms with van der Waals surface area (Å²) in [6.45, 7) is 0. The van der Waals surface area contributed by atoms with E-state index in [1.54, 1.807) is 0 Å². The van der Waals surface area contributed by atoms with E-state index in [9.17, 15) is 4.79 Å². The van der Waals surface area contributed by atoms with E-state index >= 15 is 0 Å². The molecule has 0 aliphatic heterocycles. The van der Waals surface area contributed by atoms with Gasteiger partial charge in [0.25, 0.3) is 0 Å². The third-order valence-electron chi connectivity index (χ3n) is 3.89. The lowest BCUT2D eigenvalue weighted by molar-refractivity contribution is 0.103. The molecule has 0 heterocycles. The number of carbonyl (C=O) groups excluding carboxylic acids is 1. The van der Waals surface area contributed by atoms with E-state index in [0.29, 0.717) is 5.56 Å². The van der Waals surface area contributed by atoms with Crippen molar-refractivity contribution in [2.75, 3.05) is 38.0 Å². The molecule has 0 fully saturated rings. The van der Waals surface area contributed by atoms with Crippen LogP contribution in [0.25, 0.3) is 0 Å². The van der Waals surface area contributed by atoms with Crippen LogP contribution in [0.15, 0.2) is 84.9 Å². The quantitative estimate of drug-likeness (QED) is 0.638. The standard InChI is InChI=1S/C17H20N2O.C6H6/c1-18(2)15-12-8-11-14(16(15)19(3)4)17(20)13-9-6-5-7-10-13;1-2-4-6-5-3-1/h5-12H,1-4H3;1-6H. The minimum absolute atomic E-state index is 0.0537. The molecule has 3 heteroatoms. The van der Waals surface area contributed by atoms with Crippen LogP contribution in [0.3, 0.4) is 0 Å². The highest BCUT2D eigenvalue weighted by molar-refractivity contribution is 6.13. The average molecular weight is 346 g/mol. The van der Waals surface area contributed by atoms with Gasteiger partial charge in [-0.05, 0) is 12.1 Å². The zero-order chi connectivity index (χ0) is 18.9. The van der Waals surface area contributed by atoms with E-state index in [-0.39, 0.29) is 5.78 Å². The summed E-state index contributed by atoms with van der Waals surface area (Å²) in [6.07, 6.45) is 0. The number of ketones is 1. The van der Waals surface area contributed by atoms with E-state index in [4.69, 9.17) is 0 Å². The predicted molar refractivity (Wildman–Crippen MR) is 111 cm³/mol. The molecule has 3 rings (SSSR count). The van der Waals surface area contributed by atoms with Crippen LogP contribution in [0, 0.1) is 0 Å². The SMILES string of the molecule is CN(C)c1cccc(C(=O)c2ccccc2)c1N(C)C.c1ccccc1. The molecule has 3 nitrogen and oxygen atoms in total. The minimum atomic E-state index is 0.0537. The van der Waals surface area contributed by atoms with Crippen molar-refractivity contribution in [3.63, 3.8) is 0 Å². The van der Waals surface area contributed by atoms with Gasteiger partial charge in [0, 0.05) is 39.3 Å². The van der Waals surface area contributed by atoms with E-state index in [0.717, 1.165) is 16.9 Å². The Labute approximate surface area is 156 Å². The molecule has 0 spiro atoms. The molecule has 0 aromatic heterocycles. The van der Waals surface area contributed by atoms with Gasteiger partial charge in [0.2, 0.25) is 0 Å². The fourth-order valence-electron chi connectivity index (χ4n) is 2.68. The first-order chi connectivity index (χ1) is 12.5. The molecule has 0 bridgehead atoms. The molecule has 0 radical (unpaired) electrons. The summed E-state index contributed by atoms with van der Waals surface area (Å²) in [5, 5.41) is 0. The van der Waals surface area contributed by atoms with E-state index in [1.807, 2.05) is 123 Å². The largest absolute Gasteiger partial charge is 0.376 e. The van der Waals surface area contributed by atoms with Crippen LogP contribution in [-0.2, 0) is 0 Å². The lowest BCUT2D eigenvalue weighted by Crippen LogP contribution is -2.20. The number of nitrogens with zero attached hydrogens (tertiary/aromatic N) is 2. The van der Waals surface area contributed by atoms with Crippen LogP contribution < -0.4 is 9.80 Å². The summed E-state index contributed by atoms with van der Waals surface area (Å²) in [5.41, 5.74) is 3.43. The minimum Gasteiger partial charge on any atom is -0.376 e. The van der Waals surface area contributed by atoms with Gasteiger partial charge in [-0.25, -0.2) is 0 Å². The lowest BCUT2D eigenvalue weighted by Gasteiger charge is -2.25. The van der Waals surface area contributed by atoms with Gasteiger partial charge in [0.05, 0.1) is 11.4 Å². The summed E-state index contributed by atoms with van der Waals surface area (Å²) in [7, 11) is 7.90. The summed E-state index contributed by atoms with van der Waals surface area (Å²) in [4.78, 5) is 16.7. The van der Waals surface area contributed by atoms with Gasteiger partial charge in [0.1, 0.15) is 0 Å². The van der Waals surface area contributed by atoms with Crippen LogP contribution in [0.2, 0.25) is 0 Å². The molecule has 0 aliphatic carbocycles. The van der Waals surface area contributed by atoms with Crippen LogP contribution in [0.5, 0.6) is 0 Å². The van der Waals surface area contributed by atoms with Gasteiger partial charge >= 0.3 is 0 Å². The highest BCUT2D eigenvalue weighted by Crippen LogP contribution is 2.32. The van der Waals surface area contributed by atoms with Crippen LogP contribution >= 0.6 is 0 Å². The number of hydrogen-bond acceptors (Lipinski definition) is 3.